The molecule has 0 aliphatic rings. The largest absolute Gasteiger partial charge is 0.496 e. The molecule has 3 aromatic rings. The summed E-state index contributed by atoms with van der Waals surface area (Å²) < 4.78 is 11.8. The highest BCUT2D eigenvalue weighted by Crippen LogP contribution is 2.28. The van der Waals surface area contributed by atoms with Gasteiger partial charge in [-0.05, 0) is 48.5 Å². The van der Waals surface area contributed by atoms with E-state index in [4.69, 9.17) is 16.3 Å². The van der Waals surface area contributed by atoms with Crippen LogP contribution in [0, 0.1) is 0 Å². The lowest BCUT2D eigenvalue weighted by Crippen LogP contribution is -2.09. The number of carbonyl (C=O) groups is 2. The van der Waals surface area contributed by atoms with Crippen LogP contribution >= 0.6 is 11.6 Å². The van der Waals surface area contributed by atoms with Crippen LogP contribution in [-0.4, -0.2) is 30.5 Å². The zero-order valence-electron chi connectivity index (χ0n) is 15.4. The molecule has 0 saturated carbocycles. The number of esters is 1. The normalized spacial score (nSPS) is 10.8. The van der Waals surface area contributed by atoms with Gasteiger partial charge in [0.25, 0.3) is 0 Å². The van der Waals surface area contributed by atoms with E-state index in [1.54, 1.807) is 59.3 Å². The molecule has 6 heteroatoms. The lowest BCUT2D eigenvalue weighted by Gasteiger charge is -2.14. The first-order chi connectivity index (χ1) is 13.5. The third kappa shape index (κ3) is 4.00. The molecule has 0 bridgehead atoms. The molecule has 0 atom stereocenters. The number of nitrogens with zero attached hydrogens (tertiary/aromatic N) is 1. The monoisotopic (exact) mass is 395 g/mol. The van der Waals surface area contributed by atoms with Crippen LogP contribution in [-0.2, 0) is 9.53 Å². The number of halogens is 1. The molecule has 5 nitrogen and oxygen atoms in total. The maximum absolute atomic E-state index is 13.3. The standard InChI is InChI=1S/C22H18ClNO4/c1-27-20-8-4-3-7-17(20)22(26)18-14-15(23)9-11-19(18)24-13-5-6-16(24)10-12-21(25)28-2/h3-14H,1-2H3. The zero-order chi connectivity index (χ0) is 20.1. The fraction of sp³-hybridized carbons (Fsp3) is 0.0909. The van der Waals surface area contributed by atoms with E-state index in [1.807, 2.05) is 12.1 Å². The van der Waals surface area contributed by atoms with Gasteiger partial charge >= 0.3 is 5.97 Å². The Morgan fingerprint density at radius 2 is 1.79 bits per heavy atom. The number of carbonyl (C=O) groups excluding carboxylic acids is 2. The fourth-order valence-corrected chi connectivity index (χ4v) is 3.02. The number of aromatic nitrogens is 1. The van der Waals surface area contributed by atoms with Crippen LogP contribution < -0.4 is 4.74 Å². The molecule has 0 radical (unpaired) electrons. The van der Waals surface area contributed by atoms with Gasteiger partial charge < -0.3 is 14.0 Å². The average Bonchev–Trinajstić information content (AvgIpc) is 3.19. The van der Waals surface area contributed by atoms with Gasteiger partial charge in [-0.25, -0.2) is 4.79 Å². The number of ketones is 1. The van der Waals surface area contributed by atoms with Gasteiger partial charge in [0.1, 0.15) is 5.75 Å². The van der Waals surface area contributed by atoms with E-state index in [9.17, 15) is 9.59 Å². The second-order valence-electron chi connectivity index (χ2n) is 5.85. The Hall–Kier alpha value is -3.31. The SMILES string of the molecule is COC(=O)C=Cc1cccn1-c1ccc(Cl)cc1C(=O)c1ccccc1OC. The van der Waals surface area contributed by atoms with Crippen molar-refractivity contribution >= 4 is 29.4 Å². The average molecular weight is 396 g/mol. The van der Waals surface area contributed by atoms with Crippen LogP contribution in [0.25, 0.3) is 11.8 Å². The van der Waals surface area contributed by atoms with Crippen LogP contribution in [0.1, 0.15) is 21.6 Å². The third-order valence-corrected chi connectivity index (χ3v) is 4.42. The molecule has 0 N–H and O–H groups in total. The van der Waals surface area contributed by atoms with Gasteiger partial charge in [-0.3, -0.25) is 4.79 Å². The van der Waals surface area contributed by atoms with Crippen molar-refractivity contribution in [1.29, 1.82) is 0 Å². The van der Waals surface area contributed by atoms with Crippen LogP contribution in [0.5, 0.6) is 5.75 Å². The fourth-order valence-electron chi connectivity index (χ4n) is 2.85. The van der Waals surface area contributed by atoms with Gasteiger partial charge in [0, 0.05) is 28.6 Å². The van der Waals surface area contributed by atoms with Crippen molar-refractivity contribution in [1.82, 2.24) is 4.57 Å². The molecule has 0 unspecified atom stereocenters. The van der Waals surface area contributed by atoms with Gasteiger partial charge in [-0.15, -0.1) is 0 Å². The first-order valence-electron chi connectivity index (χ1n) is 8.46. The summed E-state index contributed by atoms with van der Waals surface area (Å²) in [6, 6.07) is 15.8. The highest BCUT2D eigenvalue weighted by molar-refractivity contribution is 6.31. The second-order valence-corrected chi connectivity index (χ2v) is 6.29. The summed E-state index contributed by atoms with van der Waals surface area (Å²) in [7, 11) is 2.83. The molecule has 0 amide bonds. The first-order valence-corrected chi connectivity index (χ1v) is 8.84. The molecule has 0 fully saturated rings. The summed E-state index contributed by atoms with van der Waals surface area (Å²) in [5.74, 6) is -0.197. The number of benzene rings is 2. The predicted octanol–water partition coefficient (Wildman–Crippen LogP) is 4.56. The Morgan fingerprint density at radius 1 is 1.00 bits per heavy atom. The van der Waals surface area contributed by atoms with Crippen molar-refractivity contribution in [3.63, 3.8) is 0 Å². The van der Waals surface area contributed by atoms with Gasteiger partial charge in [-0.1, -0.05) is 23.7 Å². The molecule has 2 aromatic carbocycles. The molecule has 28 heavy (non-hydrogen) atoms. The molecule has 0 aliphatic carbocycles. The molecule has 0 saturated heterocycles. The van der Waals surface area contributed by atoms with E-state index in [-0.39, 0.29) is 5.78 Å². The van der Waals surface area contributed by atoms with E-state index in [0.29, 0.717) is 33.3 Å². The molecular weight excluding hydrogens is 378 g/mol. The third-order valence-electron chi connectivity index (χ3n) is 4.19. The van der Waals surface area contributed by atoms with Gasteiger partial charge in [0.15, 0.2) is 5.78 Å². The number of rotatable bonds is 6. The highest BCUT2D eigenvalue weighted by Gasteiger charge is 2.19. The topological polar surface area (TPSA) is 57.5 Å². The second kappa shape index (κ2) is 8.59. The van der Waals surface area contributed by atoms with Gasteiger partial charge in [0.2, 0.25) is 0 Å². The first kappa shape index (κ1) is 19.5. The van der Waals surface area contributed by atoms with Crippen molar-refractivity contribution in [2.24, 2.45) is 0 Å². The molecular formula is C22H18ClNO4. The lowest BCUT2D eigenvalue weighted by atomic mass is 10.0. The Balaban J connectivity index is 2.11. The maximum atomic E-state index is 13.3. The van der Waals surface area contributed by atoms with E-state index >= 15 is 0 Å². The Kier molecular flexibility index (Phi) is 5.96. The smallest absolute Gasteiger partial charge is 0.330 e. The summed E-state index contributed by atoms with van der Waals surface area (Å²) >= 11 is 6.18. The minimum absolute atomic E-state index is 0.216. The van der Waals surface area contributed by atoms with Crippen LogP contribution in [0.4, 0.5) is 0 Å². The predicted molar refractivity (Wildman–Crippen MR) is 108 cm³/mol. The lowest BCUT2D eigenvalue weighted by molar-refractivity contribution is -0.134. The van der Waals surface area contributed by atoms with Crippen molar-refractivity contribution < 1.29 is 19.1 Å². The van der Waals surface area contributed by atoms with Crippen LogP contribution in [0.15, 0.2) is 66.9 Å². The summed E-state index contributed by atoms with van der Waals surface area (Å²) in [5.41, 5.74) is 2.20. The number of ether oxygens (including phenoxy) is 2. The Morgan fingerprint density at radius 3 is 2.54 bits per heavy atom. The summed E-state index contributed by atoms with van der Waals surface area (Å²) in [5, 5.41) is 0.445. The summed E-state index contributed by atoms with van der Waals surface area (Å²) in [4.78, 5) is 24.7. The number of hydrogen-bond acceptors (Lipinski definition) is 4. The number of methoxy groups -OCH3 is 2. The van der Waals surface area contributed by atoms with E-state index < -0.39 is 5.97 Å². The molecule has 142 valence electrons. The molecule has 1 aromatic heterocycles. The summed E-state index contributed by atoms with van der Waals surface area (Å²) in [6.45, 7) is 0. The number of para-hydroxylation sites is 1. The molecule has 3 rings (SSSR count). The van der Waals surface area contributed by atoms with Gasteiger partial charge in [-0.2, -0.15) is 0 Å². The Labute approximate surface area is 167 Å². The molecule has 0 aliphatic heterocycles. The van der Waals surface area contributed by atoms with Crippen LogP contribution in [0.3, 0.4) is 0 Å². The Bertz CT molecular complexity index is 1050. The minimum atomic E-state index is -0.464. The zero-order valence-corrected chi connectivity index (χ0v) is 16.1. The highest BCUT2D eigenvalue weighted by atomic mass is 35.5. The van der Waals surface area contributed by atoms with Crippen molar-refractivity contribution in [2.45, 2.75) is 0 Å². The van der Waals surface area contributed by atoms with E-state index in [1.165, 1.54) is 20.3 Å². The molecule has 1 heterocycles. The summed E-state index contributed by atoms with van der Waals surface area (Å²) in [6.07, 6.45) is 4.75. The van der Waals surface area contributed by atoms with E-state index in [0.717, 1.165) is 0 Å². The van der Waals surface area contributed by atoms with Crippen molar-refractivity contribution in [2.75, 3.05) is 14.2 Å². The number of hydrogen-bond donors (Lipinski definition) is 0. The van der Waals surface area contributed by atoms with Crippen molar-refractivity contribution in [3.05, 3.63) is 88.7 Å². The minimum Gasteiger partial charge on any atom is -0.496 e. The molecule has 0 spiro atoms. The van der Waals surface area contributed by atoms with Gasteiger partial charge in [0.05, 0.1) is 25.5 Å². The van der Waals surface area contributed by atoms with Crippen LogP contribution in [0.2, 0.25) is 5.02 Å². The van der Waals surface area contributed by atoms with Crippen molar-refractivity contribution in [3.8, 4) is 11.4 Å². The quantitative estimate of drug-likeness (QED) is 0.349. The van der Waals surface area contributed by atoms with E-state index in [2.05, 4.69) is 4.74 Å². The maximum Gasteiger partial charge on any atom is 0.330 e.